The molecule has 4 heteroatoms. The second-order valence-electron chi connectivity index (χ2n) is 5.39. The fraction of sp³-hybridized carbons (Fsp3) is 0.533. The zero-order chi connectivity index (χ0) is 13.7. The molecule has 0 bridgehead atoms. The van der Waals surface area contributed by atoms with Gasteiger partial charge in [0.05, 0.1) is 0 Å². The number of carbonyl (C=O) groups excluding carboxylic acids is 1. The molecule has 0 unspecified atom stereocenters. The molecule has 3 N–H and O–H groups in total. The first-order valence-corrected chi connectivity index (χ1v) is 7.03. The molecule has 0 radical (unpaired) electrons. The second kappa shape index (κ2) is 6.57. The van der Waals surface area contributed by atoms with Crippen LogP contribution in [0, 0.1) is 5.92 Å². The zero-order valence-electron chi connectivity index (χ0n) is 11.7. The number of carbonyl (C=O) groups is 1. The Morgan fingerprint density at radius 1 is 1.16 bits per heavy atom. The summed E-state index contributed by atoms with van der Waals surface area (Å²) in [6.45, 7) is 5.95. The zero-order valence-corrected chi connectivity index (χ0v) is 11.7. The van der Waals surface area contributed by atoms with Crippen LogP contribution >= 0.6 is 0 Å². The van der Waals surface area contributed by atoms with Crippen LogP contribution in [0.25, 0.3) is 0 Å². The molecule has 1 saturated heterocycles. The predicted octanol–water partition coefficient (Wildman–Crippen LogP) is 2.45. The number of anilines is 2. The molecule has 1 heterocycles. The molecule has 1 fully saturated rings. The lowest BCUT2D eigenvalue weighted by Crippen LogP contribution is -2.35. The Balaban J connectivity index is 1.88. The van der Waals surface area contributed by atoms with Crippen molar-refractivity contribution in [2.24, 2.45) is 5.92 Å². The number of amides is 1. The highest BCUT2D eigenvalue weighted by Crippen LogP contribution is 2.17. The number of rotatable bonds is 4. The first-order valence-electron chi connectivity index (χ1n) is 7.03. The van der Waals surface area contributed by atoms with Crippen LogP contribution in [0.15, 0.2) is 24.3 Å². The first kappa shape index (κ1) is 13.9. The number of nitrogens with one attached hydrogen (secondary N) is 3. The van der Waals surface area contributed by atoms with Crippen LogP contribution in [0.2, 0.25) is 0 Å². The Morgan fingerprint density at radius 3 is 2.32 bits per heavy atom. The third-order valence-corrected chi connectivity index (χ3v) is 3.39. The summed E-state index contributed by atoms with van der Waals surface area (Å²) < 4.78 is 0. The molecule has 1 aromatic carbocycles. The van der Waals surface area contributed by atoms with Gasteiger partial charge in [-0.25, -0.2) is 0 Å². The van der Waals surface area contributed by atoms with Crippen molar-refractivity contribution in [1.29, 1.82) is 0 Å². The Bertz CT molecular complexity index is 408. The fourth-order valence-corrected chi connectivity index (χ4v) is 2.14. The molecule has 0 atom stereocenters. The summed E-state index contributed by atoms with van der Waals surface area (Å²) in [5.74, 6) is 0.0617. The quantitative estimate of drug-likeness (QED) is 0.780. The van der Waals surface area contributed by atoms with Gasteiger partial charge in [0.25, 0.3) is 0 Å². The summed E-state index contributed by atoms with van der Waals surface area (Å²) >= 11 is 0. The van der Waals surface area contributed by atoms with Crippen molar-refractivity contribution >= 4 is 17.3 Å². The van der Waals surface area contributed by atoms with E-state index in [2.05, 4.69) is 16.0 Å². The van der Waals surface area contributed by atoms with Gasteiger partial charge in [-0.3, -0.25) is 4.79 Å². The van der Waals surface area contributed by atoms with Gasteiger partial charge >= 0.3 is 0 Å². The smallest absolute Gasteiger partial charge is 0.226 e. The number of benzene rings is 1. The van der Waals surface area contributed by atoms with E-state index in [9.17, 15) is 4.79 Å². The van der Waals surface area contributed by atoms with E-state index in [1.807, 2.05) is 38.1 Å². The minimum Gasteiger partial charge on any atom is -0.382 e. The second-order valence-corrected chi connectivity index (χ2v) is 5.39. The van der Waals surface area contributed by atoms with E-state index >= 15 is 0 Å². The van der Waals surface area contributed by atoms with Crippen molar-refractivity contribution in [1.82, 2.24) is 5.32 Å². The van der Waals surface area contributed by atoms with E-state index in [1.54, 1.807) is 0 Å². The molecular formula is C15H23N3O. The lowest BCUT2D eigenvalue weighted by Gasteiger charge is -2.24. The molecule has 4 nitrogen and oxygen atoms in total. The summed E-state index contributed by atoms with van der Waals surface area (Å²) in [5, 5.41) is 9.78. The molecule has 19 heavy (non-hydrogen) atoms. The van der Waals surface area contributed by atoms with Gasteiger partial charge in [-0.15, -0.1) is 0 Å². The summed E-state index contributed by atoms with van der Waals surface area (Å²) in [4.78, 5) is 11.6. The van der Waals surface area contributed by atoms with Gasteiger partial charge in [0, 0.05) is 23.3 Å². The van der Waals surface area contributed by atoms with Crippen molar-refractivity contribution in [2.75, 3.05) is 23.7 Å². The summed E-state index contributed by atoms with van der Waals surface area (Å²) in [5.41, 5.74) is 1.98. The Kier molecular flexibility index (Phi) is 4.80. The summed E-state index contributed by atoms with van der Waals surface area (Å²) in [6.07, 6.45) is 2.32. The molecule has 1 aliphatic heterocycles. The minimum absolute atomic E-state index is 0.00698. The summed E-state index contributed by atoms with van der Waals surface area (Å²) in [7, 11) is 0. The third kappa shape index (κ3) is 4.24. The van der Waals surface area contributed by atoms with Crippen LogP contribution < -0.4 is 16.0 Å². The van der Waals surface area contributed by atoms with Crippen LogP contribution in [0.3, 0.4) is 0 Å². The van der Waals surface area contributed by atoms with E-state index in [1.165, 1.54) is 0 Å². The molecule has 0 aromatic heterocycles. The topological polar surface area (TPSA) is 53.2 Å². The van der Waals surface area contributed by atoms with Crippen LogP contribution in [0.5, 0.6) is 0 Å². The summed E-state index contributed by atoms with van der Waals surface area (Å²) in [6, 6.07) is 8.50. The van der Waals surface area contributed by atoms with Gasteiger partial charge in [0.1, 0.15) is 0 Å². The standard InChI is InChI=1S/C15H23N3O/c1-11(2)15(19)18-13-5-3-12(4-6-13)17-14-7-9-16-10-8-14/h3-6,11,14,16-17H,7-10H2,1-2H3,(H,18,19). The van der Waals surface area contributed by atoms with Gasteiger partial charge in [0.15, 0.2) is 0 Å². The van der Waals surface area contributed by atoms with E-state index in [4.69, 9.17) is 0 Å². The molecule has 0 saturated carbocycles. The van der Waals surface area contributed by atoms with E-state index in [0.717, 1.165) is 37.3 Å². The third-order valence-electron chi connectivity index (χ3n) is 3.39. The van der Waals surface area contributed by atoms with Crippen molar-refractivity contribution in [3.8, 4) is 0 Å². The number of piperidine rings is 1. The molecule has 0 aliphatic carbocycles. The lowest BCUT2D eigenvalue weighted by atomic mass is 10.1. The van der Waals surface area contributed by atoms with E-state index < -0.39 is 0 Å². The molecule has 0 spiro atoms. The Labute approximate surface area is 115 Å². The maximum absolute atomic E-state index is 11.6. The predicted molar refractivity (Wildman–Crippen MR) is 79.4 cm³/mol. The average Bonchev–Trinajstić information content (AvgIpc) is 2.42. The number of hydrogen-bond donors (Lipinski definition) is 3. The van der Waals surface area contributed by atoms with Gasteiger partial charge in [-0.05, 0) is 50.2 Å². The average molecular weight is 261 g/mol. The van der Waals surface area contributed by atoms with Crippen molar-refractivity contribution in [3.63, 3.8) is 0 Å². The van der Waals surface area contributed by atoms with E-state index in [0.29, 0.717) is 6.04 Å². The maximum atomic E-state index is 11.6. The molecule has 2 rings (SSSR count). The monoisotopic (exact) mass is 261 g/mol. The molecule has 1 amide bonds. The first-order chi connectivity index (χ1) is 9.15. The van der Waals surface area contributed by atoms with Crippen LogP contribution in [-0.2, 0) is 4.79 Å². The van der Waals surface area contributed by atoms with Crippen LogP contribution in [0.1, 0.15) is 26.7 Å². The van der Waals surface area contributed by atoms with Gasteiger partial charge < -0.3 is 16.0 Å². The highest BCUT2D eigenvalue weighted by molar-refractivity contribution is 5.92. The molecule has 1 aromatic rings. The van der Waals surface area contributed by atoms with Crippen molar-refractivity contribution in [3.05, 3.63) is 24.3 Å². The maximum Gasteiger partial charge on any atom is 0.226 e. The SMILES string of the molecule is CC(C)C(=O)Nc1ccc(NC2CCNCC2)cc1. The molecular weight excluding hydrogens is 238 g/mol. The highest BCUT2D eigenvalue weighted by atomic mass is 16.1. The lowest BCUT2D eigenvalue weighted by molar-refractivity contribution is -0.118. The van der Waals surface area contributed by atoms with Crippen molar-refractivity contribution in [2.45, 2.75) is 32.7 Å². The highest BCUT2D eigenvalue weighted by Gasteiger charge is 2.12. The van der Waals surface area contributed by atoms with Gasteiger partial charge in [-0.1, -0.05) is 13.8 Å². The van der Waals surface area contributed by atoms with E-state index in [-0.39, 0.29) is 11.8 Å². The Morgan fingerprint density at radius 2 is 1.74 bits per heavy atom. The largest absolute Gasteiger partial charge is 0.382 e. The number of hydrogen-bond acceptors (Lipinski definition) is 3. The molecule has 1 aliphatic rings. The normalized spacial score (nSPS) is 16.4. The van der Waals surface area contributed by atoms with Gasteiger partial charge in [0.2, 0.25) is 5.91 Å². The minimum atomic E-state index is 0.00698. The van der Waals surface area contributed by atoms with Crippen LogP contribution in [-0.4, -0.2) is 25.0 Å². The molecule has 104 valence electrons. The fourth-order valence-electron chi connectivity index (χ4n) is 2.14. The van der Waals surface area contributed by atoms with Gasteiger partial charge in [-0.2, -0.15) is 0 Å². The van der Waals surface area contributed by atoms with Crippen molar-refractivity contribution < 1.29 is 4.79 Å². The van der Waals surface area contributed by atoms with Crippen LogP contribution in [0.4, 0.5) is 11.4 Å². The Hall–Kier alpha value is -1.55.